The highest BCUT2D eigenvalue weighted by atomic mass is 16.7. The van der Waals surface area contributed by atoms with E-state index in [1.807, 2.05) is 0 Å². The summed E-state index contributed by atoms with van der Waals surface area (Å²) in [6, 6.07) is 5.31. The lowest BCUT2D eigenvalue weighted by molar-refractivity contribution is -0.141. The lowest BCUT2D eigenvalue weighted by atomic mass is 9.66. The van der Waals surface area contributed by atoms with Gasteiger partial charge in [-0.3, -0.25) is 19.3 Å². The number of Topliss-reactive ketones (excluding diaryl/α,β-unsaturated/α-hetero) is 1. The number of hydrogen-bond acceptors (Lipinski definition) is 7. The molecule has 1 aromatic carbocycles. The van der Waals surface area contributed by atoms with E-state index in [2.05, 4.69) is 0 Å². The minimum Gasteiger partial charge on any atom is -0.454 e. The number of nitrogens with zero attached hydrogens (tertiary/aromatic N) is 1. The first-order chi connectivity index (χ1) is 13.5. The molecular weight excluding hydrogens is 366 g/mol. The van der Waals surface area contributed by atoms with Gasteiger partial charge in [0.15, 0.2) is 17.3 Å². The number of allylic oxidation sites excluding steroid dienone is 1. The van der Waals surface area contributed by atoms with Crippen LogP contribution in [0, 0.1) is 17.8 Å². The van der Waals surface area contributed by atoms with Gasteiger partial charge in [0.05, 0.1) is 24.5 Å². The van der Waals surface area contributed by atoms with Crippen LogP contribution in [0.5, 0.6) is 11.5 Å². The van der Waals surface area contributed by atoms with Gasteiger partial charge in [0.2, 0.25) is 18.6 Å². The minimum absolute atomic E-state index is 0.121. The maximum atomic E-state index is 13.2. The molecule has 3 fully saturated rings. The first-order valence-electron chi connectivity index (χ1n) is 9.36. The van der Waals surface area contributed by atoms with Crippen LogP contribution < -0.4 is 9.47 Å². The van der Waals surface area contributed by atoms with E-state index in [1.165, 1.54) is 4.90 Å². The fraction of sp³-hybridized carbons (Fsp3) is 0.450. The van der Waals surface area contributed by atoms with E-state index in [4.69, 9.17) is 14.2 Å². The molecule has 1 saturated carbocycles. The highest BCUT2D eigenvalue weighted by Crippen LogP contribution is 2.51. The van der Waals surface area contributed by atoms with Crippen molar-refractivity contribution < 1.29 is 33.7 Å². The van der Waals surface area contributed by atoms with Gasteiger partial charge in [0.25, 0.3) is 0 Å². The lowest BCUT2D eigenvalue weighted by Crippen LogP contribution is -2.47. The predicted molar refractivity (Wildman–Crippen MR) is 91.0 cm³/mol. The van der Waals surface area contributed by atoms with Gasteiger partial charge >= 0.3 is 0 Å². The second-order valence-electron chi connectivity index (χ2n) is 7.88. The van der Waals surface area contributed by atoms with E-state index in [0.717, 1.165) is 5.56 Å². The molecule has 5 aliphatic rings. The van der Waals surface area contributed by atoms with E-state index < -0.39 is 36.1 Å². The Morgan fingerprint density at radius 1 is 1.07 bits per heavy atom. The Hall–Kier alpha value is -2.71. The van der Waals surface area contributed by atoms with Crippen LogP contribution >= 0.6 is 0 Å². The van der Waals surface area contributed by atoms with Crippen molar-refractivity contribution in [2.45, 2.75) is 31.3 Å². The number of amides is 2. The Labute approximate surface area is 159 Å². The summed E-state index contributed by atoms with van der Waals surface area (Å²) in [5, 5.41) is 10.6. The zero-order valence-corrected chi connectivity index (χ0v) is 14.7. The fourth-order valence-electron chi connectivity index (χ4n) is 5.05. The summed E-state index contributed by atoms with van der Waals surface area (Å²) in [4.78, 5) is 39.8. The summed E-state index contributed by atoms with van der Waals surface area (Å²) in [5.41, 5.74) is 1.20. The van der Waals surface area contributed by atoms with Crippen molar-refractivity contribution in [3.8, 4) is 11.5 Å². The first kappa shape index (κ1) is 16.3. The third-order valence-electron chi connectivity index (χ3n) is 6.46. The van der Waals surface area contributed by atoms with Gasteiger partial charge in [-0.1, -0.05) is 12.1 Å². The van der Waals surface area contributed by atoms with Crippen molar-refractivity contribution in [3.05, 3.63) is 35.4 Å². The summed E-state index contributed by atoms with van der Waals surface area (Å²) in [5.74, 6) is -1.48. The Kier molecular flexibility index (Phi) is 3.15. The number of aliphatic hydroxyl groups excluding tert-OH is 1. The average molecular weight is 383 g/mol. The van der Waals surface area contributed by atoms with Crippen LogP contribution in [0.3, 0.4) is 0 Å². The summed E-state index contributed by atoms with van der Waals surface area (Å²) < 4.78 is 15.9. The molecule has 0 bridgehead atoms. The molecule has 2 aliphatic carbocycles. The van der Waals surface area contributed by atoms with Gasteiger partial charge in [0.1, 0.15) is 12.2 Å². The van der Waals surface area contributed by atoms with Crippen molar-refractivity contribution in [2.24, 2.45) is 17.8 Å². The largest absolute Gasteiger partial charge is 0.454 e. The topological polar surface area (TPSA) is 106 Å². The number of fused-ring (bicyclic) bond motifs is 5. The van der Waals surface area contributed by atoms with E-state index in [1.54, 1.807) is 24.3 Å². The number of carbonyl (C=O) groups excluding carboxylic acids is 3. The van der Waals surface area contributed by atoms with Gasteiger partial charge in [0, 0.05) is 11.5 Å². The van der Waals surface area contributed by atoms with E-state index >= 15 is 0 Å². The highest BCUT2D eigenvalue weighted by Gasteiger charge is 2.65. The molecule has 0 unspecified atom stereocenters. The van der Waals surface area contributed by atoms with Gasteiger partial charge < -0.3 is 19.3 Å². The summed E-state index contributed by atoms with van der Waals surface area (Å²) >= 11 is 0. The molecular formula is C20H17NO7. The molecule has 2 saturated heterocycles. The Morgan fingerprint density at radius 3 is 2.75 bits per heavy atom. The molecule has 6 atom stereocenters. The molecule has 8 heteroatoms. The van der Waals surface area contributed by atoms with Gasteiger partial charge in [-0.2, -0.15) is 0 Å². The van der Waals surface area contributed by atoms with E-state index in [-0.39, 0.29) is 30.9 Å². The maximum absolute atomic E-state index is 13.2. The number of epoxide rings is 1. The van der Waals surface area contributed by atoms with Crippen LogP contribution in [0.15, 0.2) is 29.8 Å². The standard InChI is InChI=1S/C20H17NO7/c22-15-9-2-3-10-14(13(9)16(23)18-17(15)28-18)20(25)21(19(10)24)6-8-1-4-11-12(5-8)27-7-26-11/h1-2,4-5,10,13-14,16-18,23H,3,6-7H2/t10-,13+,14-,16+,17-,18+/m1/s1. The number of likely N-dealkylation sites (tertiary alicyclic amines) is 1. The predicted octanol–water partition coefficient (Wildman–Crippen LogP) is 0.174. The highest BCUT2D eigenvalue weighted by molar-refractivity contribution is 6.09. The van der Waals surface area contributed by atoms with Crippen LogP contribution in [-0.4, -0.2) is 52.7 Å². The number of imide groups is 1. The number of aliphatic hydroxyl groups is 1. The van der Waals surface area contributed by atoms with Crippen LogP contribution in [0.1, 0.15) is 12.0 Å². The first-order valence-corrected chi connectivity index (χ1v) is 9.36. The van der Waals surface area contributed by atoms with Crippen LogP contribution in [-0.2, 0) is 25.7 Å². The summed E-state index contributed by atoms with van der Waals surface area (Å²) in [6.45, 7) is 0.271. The molecule has 6 rings (SSSR count). The van der Waals surface area contributed by atoms with Gasteiger partial charge in [-0.15, -0.1) is 0 Å². The lowest BCUT2D eigenvalue weighted by Gasteiger charge is -2.35. The Balaban J connectivity index is 1.31. The van der Waals surface area contributed by atoms with Crippen molar-refractivity contribution in [2.75, 3.05) is 6.79 Å². The molecule has 3 aliphatic heterocycles. The number of rotatable bonds is 2. The molecule has 0 aromatic heterocycles. The smallest absolute Gasteiger partial charge is 0.234 e. The normalized spacial score (nSPS) is 37.4. The summed E-state index contributed by atoms with van der Waals surface area (Å²) in [7, 11) is 0. The third-order valence-corrected chi connectivity index (χ3v) is 6.46. The third kappa shape index (κ3) is 2.04. The zero-order chi connectivity index (χ0) is 19.2. The molecule has 8 nitrogen and oxygen atoms in total. The van der Waals surface area contributed by atoms with Crippen LogP contribution in [0.2, 0.25) is 0 Å². The molecule has 3 heterocycles. The van der Waals surface area contributed by atoms with Crippen molar-refractivity contribution in [1.29, 1.82) is 0 Å². The molecule has 0 spiro atoms. The quantitative estimate of drug-likeness (QED) is 0.573. The monoisotopic (exact) mass is 383 g/mol. The Bertz CT molecular complexity index is 969. The fourth-order valence-corrected chi connectivity index (χ4v) is 5.05. The zero-order valence-electron chi connectivity index (χ0n) is 14.7. The molecule has 0 radical (unpaired) electrons. The van der Waals surface area contributed by atoms with Gasteiger partial charge in [-0.25, -0.2) is 0 Å². The molecule has 1 N–H and O–H groups in total. The minimum atomic E-state index is -0.941. The number of carbonyl (C=O) groups is 3. The Morgan fingerprint density at radius 2 is 1.89 bits per heavy atom. The maximum Gasteiger partial charge on any atom is 0.234 e. The number of ether oxygens (including phenoxy) is 3. The van der Waals surface area contributed by atoms with Crippen LogP contribution in [0.25, 0.3) is 0 Å². The number of hydrogen-bond donors (Lipinski definition) is 1. The van der Waals surface area contributed by atoms with Gasteiger partial charge in [-0.05, 0) is 24.1 Å². The summed E-state index contributed by atoms with van der Waals surface area (Å²) in [6.07, 6.45) is -0.0479. The number of ketones is 1. The molecule has 28 heavy (non-hydrogen) atoms. The van der Waals surface area contributed by atoms with E-state index in [9.17, 15) is 19.5 Å². The molecule has 1 aromatic rings. The van der Waals surface area contributed by atoms with Crippen molar-refractivity contribution in [3.63, 3.8) is 0 Å². The molecule has 2 amide bonds. The average Bonchev–Trinajstić information content (AvgIpc) is 3.32. The molecule has 144 valence electrons. The van der Waals surface area contributed by atoms with Crippen LogP contribution in [0.4, 0.5) is 0 Å². The second-order valence-corrected chi connectivity index (χ2v) is 7.88. The van der Waals surface area contributed by atoms with Crippen molar-refractivity contribution in [1.82, 2.24) is 4.90 Å². The van der Waals surface area contributed by atoms with E-state index in [0.29, 0.717) is 23.5 Å². The second kappa shape index (κ2) is 5.42. The SMILES string of the molecule is O=C1C2=CC[C@H]3C(=O)N(Cc4ccc5c(c4)OCO5)C(=O)[C@H]3[C@H]2[C@H](O)[C@@H]2O[C@H]12. The number of benzene rings is 1. The van der Waals surface area contributed by atoms with Crippen molar-refractivity contribution >= 4 is 17.6 Å².